The van der Waals surface area contributed by atoms with Crippen LogP contribution in [-0.2, 0) is 0 Å². The Balaban J connectivity index is 2.01. The average Bonchev–Trinajstić information content (AvgIpc) is 3.11. The molecule has 0 atom stereocenters. The van der Waals surface area contributed by atoms with Crippen molar-refractivity contribution in [3.63, 3.8) is 0 Å². The molecule has 10 nitrogen and oxygen atoms in total. The lowest BCUT2D eigenvalue weighted by molar-refractivity contribution is -0.384. The molecule has 0 saturated heterocycles. The van der Waals surface area contributed by atoms with Crippen LogP contribution in [-0.4, -0.2) is 39.7 Å². The first kappa shape index (κ1) is 20.0. The quantitative estimate of drug-likeness (QED) is 0.271. The molecule has 1 heterocycles. The number of aliphatic imine (C=N–C) groups is 1. The van der Waals surface area contributed by atoms with Crippen molar-refractivity contribution in [3.05, 3.63) is 57.3 Å². The average molecular weight is 411 g/mol. The monoisotopic (exact) mass is 411 g/mol. The number of nitrogens with zero attached hydrogens (tertiary/aromatic N) is 7. The van der Waals surface area contributed by atoms with Crippen molar-refractivity contribution in [2.75, 3.05) is 19.0 Å². The van der Waals surface area contributed by atoms with Gasteiger partial charge >= 0.3 is 0 Å². The second-order valence-electron chi connectivity index (χ2n) is 6.08. The minimum absolute atomic E-state index is 0.0861. The summed E-state index contributed by atoms with van der Waals surface area (Å²) in [6.45, 7) is 1.78. The molecular formula is C18H17N7O3S. The van der Waals surface area contributed by atoms with Gasteiger partial charge in [-0.05, 0) is 36.7 Å². The summed E-state index contributed by atoms with van der Waals surface area (Å²) in [6, 6.07) is 9.27. The van der Waals surface area contributed by atoms with Crippen molar-refractivity contribution in [2.45, 2.75) is 6.92 Å². The summed E-state index contributed by atoms with van der Waals surface area (Å²) in [5.74, 6) is 0.441. The van der Waals surface area contributed by atoms with Crippen LogP contribution in [0.1, 0.15) is 10.8 Å². The molecule has 0 amide bonds. The Bertz CT molecular complexity index is 1110. The lowest BCUT2D eigenvalue weighted by atomic mass is 10.2. The second kappa shape index (κ2) is 8.52. The van der Waals surface area contributed by atoms with Crippen molar-refractivity contribution >= 4 is 46.2 Å². The van der Waals surface area contributed by atoms with Crippen molar-refractivity contribution < 1.29 is 10.0 Å². The molecule has 2 aromatic carbocycles. The summed E-state index contributed by atoms with van der Waals surface area (Å²) in [6.07, 6.45) is 1.51. The smallest absolute Gasteiger partial charge is 0.296 e. The Kier molecular flexibility index (Phi) is 5.88. The van der Waals surface area contributed by atoms with E-state index in [1.165, 1.54) is 29.9 Å². The highest BCUT2D eigenvalue weighted by Crippen LogP contribution is 2.44. The number of azo groups is 1. The number of rotatable bonds is 6. The summed E-state index contributed by atoms with van der Waals surface area (Å²) < 4.78 is 4.09. The van der Waals surface area contributed by atoms with Crippen LogP contribution < -0.4 is 4.90 Å². The van der Waals surface area contributed by atoms with E-state index < -0.39 is 4.92 Å². The molecule has 3 aromatic rings. The minimum Gasteiger partial charge on any atom is -0.504 e. The first-order chi connectivity index (χ1) is 13.9. The van der Waals surface area contributed by atoms with Gasteiger partial charge in [0.05, 0.1) is 16.8 Å². The summed E-state index contributed by atoms with van der Waals surface area (Å²) in [7, 11) is 3.63. The maximum absolute atomic E-state index is 11.1. The van der Waals surface area contributed by atoms with Gasteiger partial charge in [-0.2, -0.15) is 4.37 Å². The van der Waals surface area contributed by atoms with Crippen LogP contribution in [0.3, 0.4) is 0 Å². The number of hydrogen-bond acceptors (Lipinski definition) is 10. The van der Waals surface area contributed by atoms with Crippen LogP contribution in [0.25, 0.3) is 0 Å². The molecule has 0 radical (unpaired) electrons. The number of benzene rings is 2. The maximum Gasteiger partial charge on any atom is 0.296 e. The third-order valence-electron chi connectivity index (χ3n) is 3.78. The van der Waals surface area contributed by atoms with E-state index in [0.717, 1.165) is 0 Å². The summed E-state index contributed by atoms with van der Waals surface area (Å²) in [5, 5.41) is 30.3. The summed E-state index contributed by atoms with van der Waals surface area (Å²) >= 11 is 1.19. The Labute approximate surface area is 170 Å². The molecule has 0 fully saturated rings. The van der Waals surface area contributed by atoms with E-state index in [4.69, 9.17) is 0 Å². The Morgan fingerprint density at radius 1 is 1.17 bits per heavy atom. The summed E-state index contributed by atoms with van der Waals surface area (Å²) in [4.78, 5) is 20.9. The number of phenolic OH excluding ortho intramolecular Hbond substituents is 1. The number of aromatic nitrogens is 2. The van der Waals surface area contributed by atoms with Crippen LogP contribution in [0.5, 0.6) is 5.75 Å². The number of anilines is 1. The van der Waals surface area contributed by atoms with Gasteiger partial charge in [-0.25, -0.2) is 9.98 Å². The van der Waals surface area contributed by atoms with Gasteiger partial charge in [0, 0.05) is 20.2 Å². The molecule has 1 aromatic heterocycles. The highest BCUT2D eigenvalue weighted by Gasteiger charge is 2.15. The number of para-hydroxylation sites is 1. The molecule has 1 N–H and O–H groups in total. The zero-order valence-corrected chi connectivity index (χ0v) is 16.7. The van der Waals surface area contributed by atoms with E-state index in [2.05, 4.69) is 24.6 Å². The van der Waals surface area contributed by atoms with Gasteiger partial charge in [0.2, 0.25) is 0 Å². The first-order valence-electron chi connectivity index (χ1n) is 8.39. The predicted molar refractivity (Wildman–Crippen MR) is 112 cm³/mol. The van der Waals surface area contributed by atoms with Gasteiger partial charge in [-0.3, -0.25) is 10.1 Å². The fraction of sp³-hybridized carbons (Fsp3) is 0.167. The molecule has 0 bridgehead atoms. The van der Waals surface area contributed by atoms with Gasteiger partial charge in [0.25, 0.3) is 5.69 Å². The SMILES string of the molecule is Cc1nsc(/C=N/c2c(N(C)C)ccc(/N=N/c3ccccc3[N+](=O)[O-])c2O)n1. The van der Waals surface area contributed by atoms with Gasteiger partial charge < -0.3 is 10.0 Å². The van der Waals surface area contributed by atoms with Crippen LogP contribution in [0, 0.1) is 17.0 Å². The van der Waals surface area contributed by atoms with E-state index in [-0.39, 0.29) is 28.5 Å². The van der Waals surface area contributed by atoms with Gasteiger partial charge in [0.15, 0.2) is 16.4 Å². The van der Waals surface area contributed by atoms with E-state index in [1.54, 1.807) is 36.1 Å². The van der Waals surface area contributed by atoms with Crippen LogP contribution in [0.15, 0.2) is 51.6 Å². The zero-order chi connectivity index (χ0) is 21.0. The Morgan fingerprint density at radius 3 is 2.55 bits per heavy atom. The normalized spacial score (nSPS) is 11.4. The standard InChI is InChI=1S/C18H17N7O3S/c1-11-20-16(29-23-11)10-19-17-15(24(2)3)9-8-13(18(17)26)22-21-12-6-4-5-7-14(12)25(27)28/h4-10,26H,1-3H3/b19-10+,22-21+. The van der Waals surface area contributed by atoms with Crippen LogP contribution in [0.2, 0.25) is 0 Å². The van der Waals surface area contributed by atoms with Crippen molar-refractivity contribution in [1.29, 1.82) is 0 Å². The molecule has 0 aliphatic rings. The highest BCUT2D eigenvalue weighted by atomic mass is 32.1. The molecular weight excluding hydrogens is 394 g/mol. The molecule has 0 saturated carbocycles. The number of nitro groups is 1. The molecule has 29 heavy (non-hydrogen) atoms. The fourth-order valence-corrected chi connectivity index (χ4v) is 2.96. The Morgan fingerprint density at radius 2 is 1.90 bits per heavy atom. The number of hydrogen-bond donors (Lipinski definition) is 1. The maximum atomic E-state index is 11.1. The molecule has 11 heteroatoms. The lowest BCUT2D eigenvalue weighted by Gasteiger charge is -2.16. The topological polar surface area (TPSA) is 129 Å². The largest absolute Gasteiger partial charge is 0.504 e. The van der Waals surface area contributed by atoms with E-state index >= 15 is 0 Å². The molecule has 148 valence electrons. The van der Waals surface area contributed by atoms with Gasteiger partial charge in [-0.15, -0.1) is 10.2 Å². The first-order valence-corrected chi connectivity index (χ1v) is 9.17. The highest BCUT2D eigenvalue weighted by molar-refractivity contribution is 7.07. The third kappa shape index (κ3) is 4.58. The molecule has 3 rings (SSSR count). The third-order valence-corrected chi connectivity index (χ3v) is 4.52. The zero-order valence-electron chi connectivity index (χ0n) is 15.8. The molecule has 0 spiro atoms. The number of aromatic hydroxyl groups is 1. The van der Waals surface area contributed by atoms with Crippen LogP contribution in [0.4, 0.5) is 28.4 Å². The Hall–Kier alpha value is -3.73. The minimum atomic E-state index is -0.539. The van der Waals surface area contributed by atoms with Gasteiger partial charge in [-0.1, -0.05) is 12.1 Å². The second-order valence-corrected chi connectivity index (χ2v) is 6.86. The molecule has 0 aliphatic heterocycles. The van der Waals surface area contributed by atoms with Gasteiger partial charge in [0.1, 0.15) is 17.2 Å². The van der Waals surface area contributed by atoms with E-state index in [0.29, 0.717) is 16.5 Å². The summed E-state index contributed by atoms with van der Waals surface area (Å²) in [5.41, 5.74) is 0.981. The van der Waals surface area contributed by atoms with Crippen molar-refractivity contribution in [1.82, 2.24) is 9.36 Å². The fourth-order valence-electron chi connectivity index (χ4n) is 2.42. The van der Waals surface area contributed by atoms with Crippen molar-refractivity contribution in [2.24, 2.45) is 15.2 Å². The predicted octanol–water partition coefficient (Wildman–Crippen LogP) is 4.69. The number of aryl methyl sites for hydroxylation is 1. The molecule has 0 unspecified atom stereocenters. The molecule has 0 aliphatic carbocycles. The van der Waals surface area contributed by atoms with E-state index in [9.17, 15) is 15.2 Å². The number of phenols is 1. The lowest BCUT2D eigenvalue weighted by Crippen LogP contribution is -2.08. The number of nitro benzene ring substituents is 1. The van der Waals surface area contributed by atoms with Crippen LogP contribution >= 0.6 is 11.5 Å². The van der Waals surface area contributed by atoms with Crippen molar-refractivity contribution in [3.8, 4) is 5.75 Å². The van der Waals surface area contributed by atoms with E-state index in [1.807, 2.05) is 14.1 Å².